The number of benzene rings is 2. The van der Waals surface area contributed by atoms with Crippen molar-refractivity contribution in [2.45, 2.75) is 19.8 Å². The van der Waals surface area contributed by atoms with Crippen molar-refractivity contribution >= 4 is 11.6 Å². The number of carbonyl (C=O) groups is 1. The maximum absolute atomic E-state index is 12.7. The van der Waals surface area contributed by atoms with Gasteiger partial charge in [-0.15, -0.1) is 0 Å². The Balaban J connectivity index is 1.50. The lowest BCUT2D eigenvalue weighted by atomic mass is 10.1. The summed E-state index contributed by atoms with van der Waals surface area (Å²) >= 11 is 0. The summed E-state index contributed by atoms with van der Waals surface area (Å²) in [5.74, 6) is 2.39. The fourth-order valence-electron chi connectivity index (χ4n) is 2.82. The van der Waals surface area contributed by atoms with Gasteiger partial charge in [0.05, 0.1) is 11.3 Å². The van der Waals surface area contributed by atoms with Gasteiger partial charge in [0, 0.05) is 23.7 Å². The molecule has 0 aliphatic heterocycles. The smallest absolute Gasteiger partial charge is 0.257 e. The highest BCUT2D eigenvalue weighted by Gasteiger charge is 2.15. The van der Waals surface area contributed by atoms with Gasteiger partial charge in [-0.25, -0.2) is 9.97 Å². The van der Waals surface area contributed by atoms with E-state index < -0.39 is 0 Å². The van der Waals surface area contributed by atoms with Gasteiger partial charge in [-0.2, -0.15) is 5.10 Å². The molecule has 4 aromatic rings. The zero-order valence-corrected chi connectivity index (χ0v) is 16.7. The molecule has 2 N–H and O–H groups in total. The van der Waals surface area contributed by atoms with Crippen LogP contribution < -0.4 is 10.1 Å². The van der Waals surface area contributed by atoms with Crippen LogP contribution in [0.1, 0.15) is 35.9 Å². The first-order valence-electron chi connectivity index (χ1n) is 9.62. The molecule has 0 aliphatic rings. The van der Waals surface area contributed by atoms with Gasteiger partial charge in [0.1, 0.15) is 11.6 Å². The standard InChI is InChI=1S/C23H21N5O2/c1-15(2)21-26-22(28-27-21)18-10-6-7-11-19(18)25-23(29)16-12-13-20(24-14-16)30-17-8-4-3-5-9-17/h3-15H,1-2H3,(H,25,29)(H,26,27,28). The van der Waals surface area contributed by atoms with E-state index in [9.17, 15) is 4.79 Å². The van der Waals surface area contributed by atoms with E-state index in [1.54, 1.807) is 12.1 Å². The van der Waals surface area contributed by atoms with E-state index >= 15 is 0 Å². The molecule has 0 unspecified atom stereocenters. The Kier molecular flexibility index (Phi) is 5.52. The lowest BCUT2D eigenvalue weighted by Crippen LogP contribution is -2.13. The third-order valence-corrected chi connectivity index (χ3v) is 4.43. The molecule has 0 aliphatic carbocycles. The van der Waals surface area contributed by atoms with Gasteiger partial charge in [-0.3, -0.25) is 9.89 Å². The van der Waals surface area contributed by atoms with Crippen LogP contribution in [0.4, 0.5) is 5.69 Å². The molecule has 30 heavy (non-hydrogen) atoms. The molecular weight excluding hydrogens is 378 g/mol. The van der Waals surface area contributed by atoms with Gasteiger partial charge >= 0.3 is 0 Å². The predicted octanol–water partition coefficient (Wildman–Crippen LogP) is 5.03. The molecule has 4 rings (SSSR count). The molecule has 7 heteroatoms. The van der Waals surface area contributed by atoms with Crippen LogP contribution in [0.2, 0.25) is 0 Å². The number of amides is 1. The molecule has 0 atom stereocenters. The second-order valence-corrected chi connectivity index (χ2v) is 7.00. The molecule has 0 spiro atoms. The van der Waals surface area contributed by atoms with Crippen molar-refractivity contribution in [3.63, 3.8) is 0 Å². The number of anilines is 1. The van der Waals surface area contributed by atoms with E-state index in [1.165, 1.54) is 6.20 Å². The Labute approximate surface area is 174 Å². The molecule has 0 radical (unpaired) electrons. The highest BCUT2D eigenvalue weighted by molar-refractivity contribution is 6.05. The zero-order chi connectivity index (χ0) is 20.9. The van der Waals surface area contributed by atoms with Crippen molar-refractivity contribution in [3.05, 3.63) is 84.3 Å². The largest absolute Gasteiger partial charge is 0.439 e. The predicted molar refractivity (Wildman–Crippen MR) is 115 cm³/mol. The Morgan fingerprint density at radius 1 is 1.00 bits per heavy atom. The van der Waals surface area contributed by atoms with Gasteiger partial charge in [0.15, 0.2) is 5.82 Å². The molecule has 2 aromatic carbocycles. The van der Waals surface area contributed by atoms with Gasteiger partial charge in [0.2, 0.25) is 5.88 Å². The number of carbonyl (C=O) groups excluding carboxylic acids is 1. The molecule has 0 fully saturated rings. The molecule has 7 nitrogen and oxygen atoms in total. The highest BCUT2D eigenvalue weighted by atomic mass is 16.5. The molecule has 2 aromatic heterocycles. The van der Waals surface area contributed by atoms with Crippen LogP contribution in [0.3, 0.4) is 0 Å². The third kappa shape index (κ3) is 4.35. The quantitative estimate of drug-likeness (QED) is 0.474. The fourth-order valence-corrected chi connectivity index (χ4v) is 2.82. The van der Waals surface area contributed by atoms with E-state index in [0.29, 0.717) is 28.7 Å². The van der Waals surface area contributed by atoms with Crippen molar-refractivity contribution in [1.29, 1.82) is 0 Å². The number of para-hydroxylation sites is 2. The lowest BCUT2D eigenvalue weighted by molar-refractivity contribution is 0.102. The minimum Gasteiger partial charge on any atom is -0.439 e. The topological polar surface area (TPSA) is 92.8 Å². The van der Waals surface area contributed by atoms with Crippen LogP contribution in [-0.4, -0.2) is 26.1 Å². The van der Waals surface area contributed by atoms with Crippen LogP contribution in [0.25, 0.3) is 11.4 Å². The van der Waals surface area contributed by atoms with E-state index in [-0.39, 0.29) is 11.8 Å². The number of aromatic nitrogens is 4. The Morgan fingerprint density at radius 2 is 1.77 bits per heavy atom. The first-order chi connectivity index (χ1) is 14.6. The van der Waals surface area contributed by atoms with Crippen LogP contribution in [0.15, 0.2) is 72.9 Å². The average molecular weight is 399 g/mol. The summed E-state index contributed by atoms with van der Waals surface area (Å²) in [5.41, 5.74) is 1.79. The van der Waals surface area contributed by atoms with Crippen molar-refractivity contribution in [3.8, 4) is 23.0 Å². The van der Waals surface area contributed by atoms with E-state index in [2.05, 4.69) is 25.5 Å². The van der Waals surface area contributed by atoms with Gasteiger partial charge in [-0.05, 0) is 30.3 Å². The monoisotopic (exact) mass is 399 g/mol. The fraction of sp³-hybridized carbons (Fsp3) is 0.130. The molecule has 0 saturated carbocycles. The molecular formula is C23H21N5O2. The number of rotatable bonds is 6. The summed E-state index contributed by atoms with van der Waals surface area (Å²) in [4.78, 5) is 21.5. The van der Waals surface area contributed by atoms with E-state index in [4.69, 9.17) is 4.74 Å². The van der Waals surface area contributed by atoms with E-state index in [0.717, 1.165) is 11.4 Å². The summed E-state index contributed by atoms with van der Waals surface area (Å²) in [6, 6.07) is 20.1. The second-order valence-electron chi connectivity index (χ2n) is 7.00. The van der Waals surface area contributed by atoms with Crippen molar-refractivity contribution in [2.24, 2.45) is 0 Å². The number of hydrogen-bond acceptors (Lipinski definition) is 5. The van der Waals surface area contributed by atoms with Crippen molar-refractivity contribution in [1.82, 2.24) is 20.2 Å². The second kappa shape index (κ2) is 8.57. The number of nitrogens with zero attached hydrogens (tertiary/aromatic N) is 3. The summed E-state index contributed by atoms with van der Waals surface area (Å²) in [7, 11) is 0. The molecule has 0 bridgehead atoms. The van der Waals surface area contributed by atoms with Gasteiger partial charge in [-0.1, -0.05) is 44.2 Å². The lowest BCUT2D eigenvalue weighted by Gasteiger charge is -2.09. The normalized spacial score (nSPS) is 10.8. The van der Waals surface area contributed by atoms with Crippen LogP contribution in [-0.2, 0) is 0 Å². The van der Waals surface area contributed by atoms with Gasteiger partial charge in [0.25, 0.3) is 5.91 Å². The molecule has 0 saturated heterocycles. The van der Waals surface area contributed by atoms with Gasteiger partial charge < -0.3 is 10.1 Å². The number of pyridine rings is 1. The summed E-state index contributed by atoms with van der Waals surface area (Å²) < 4.78 is 5.67. The first kappa shape index (κ1) is 19.3. The number of H-pyrrole nitrogens is 1. The number of aromatic amines is 1. The van der Waals surface area contributed by atoms with E-state index in [1.807, 2.05) is 68.4 Å². The molecule has 150 valence electrons. The zero-order valence-electron chi connectivity index (χ0n) is 16.7. The average Bonchev–Trinajstić information content (AvgIpc) is 3.26. The SMILES string of the molecule is CC(C)c1nc(-c2ccccc2NC(=O)c2ccc(Oc3ccccc3)nc2)n[nH]1. The van der Waals surface area contributed by atoms with Crippen LogP contribution in [0.5, 0.6) is 11.6 Å². The number of nitrogens with one attached hydrogen (secondary N) is 2. The Morgan fingerprint density at radius 3 is 2.47 bits per heavy atom. The maximum atomic E-state index is 12.7. The summed E-state index contributed by atoms with van der Waals surface area (Å²) in [5, 5.41) is 10.1. The summed E-state index contributed by atoms with van der Waals surface area (Å²) in [6.45, 7) is 4.08. The van der Waals surface area contributed by atoms with Crippen molar-refractivity contribution < 1.29 is 9.53 Å². The first-order valence-corrected chi connectivity index (χ1v) is 9.62. The number of ether oxygens (including phenoxy) is 1. The minimum atomic E-state index is -0.277. The Hall–Kier alpha value is -4.00. The van der Waals surface area contributed by atoms with Crippen molar-refractivity contribution in [2.75, 3.05) is 5.32 Å². The molecule has 2 heterocycles. The van der Waals surface area contributed by atoms with Crippen LogP contribution in [0, 0.1) is 0 Å². The number of hydrogen-bond donors (Lipinski definition) is 2. The third-order valence-electron chi connectivity index (χ3n) is 4.43. The maximum Gasteiger partial charge on any atom is 0.257 e. The molecule has 1 amide bonds. The highest BCUT2D eigenvalue weighted by Crippen LogP contribution is 2.26. The Bertz CT molecular complexity index is 1140. The summed E-state index contributed by atoms with van der Waals surface area (Å²) in [6.07, 6.45) is 1.49. The minimum absolute atomic E-state index is 0.232. The van der Waals surface area contributed by atoms with Crippen LogP contribution >= 0.6 is 0 Å².